The number of nitrogens with one attached hydrogen (secondary N) is 1. The molecule has 4 nitrogen and oxygen atoms in total. The Bertz CT molecular complexity index is 229. The minimum Gasteiger partial charge on any atom is -0.380 e. The first-order valence-electron chi connectivity index (χ1n) is 7.46. The van der Waals surface area contributed by atoms with Crippen molar-refractivity contribution in [3.63, 3.8) is 0 Å². The van der Waals surface area contributed by atoms with Crippen molar-refractivity contribution in [2.24, 2.45) is 0 Å². The molecule has 0 radical (unpaired) electrons. The van der Waals surface area contributed by atoms with E-state index in [9.17, 15) is 0 Å². The van der Waals surface area contributed by atoms with Gasteiger partial charge in [-0.1, -0.05) is 12.8 Å². The van der Waals surface area contributed by atoms with Crippen LogP contribution >= 0.6 is 0 Å². The number of methoxy groups -OCH3 is 1. The van der Waals surface area contributed by atoms with Gasteiger partial charge in [0.15, 0.2) is 0 Å². The number of rotatable bonds is 5. The van der Waals surface area contributed by atoms with Crippen molar-refractivity contribution in [3.05, 3.63) is 0 Å². The lowest BCUT2D eigenvalue weighted by Crippen LogP contribution is -2.49. The predicted octanol–water partition coefficient (Wildman–Crippen LogP) is 0.781. The molecule has 1 saturated carbocycles. The summed E-state index contributed by atoms with van der Waals surface area (Å²) in [6, 6.07) is 0.580. The maximum Gasteiger partial charge on any atom is 0.0724 e. The normalized spacial score (nSPS) is 31.7. The molecule has 0 aromatic rings. The first kappa shape index (κ1) is 14.3. The molecule has 2 fully saturated rings. The Labute approximate surface area is 112 Å². The maximum atomic E-state index is 5.58. The molecule has 0 aromatic heterocycles. The zero-order chi connectivity index (χ0) is 12.8. The molecule has 2 unspecified atom stereocenters. The molecule has 106 valence electrons. The third kappa shape index (κ3) is 4.19. The van der Waals surface area contributed by atoms with Gasteiger partial charge in [-0.2, -0.15) is 0 Å². The van der Waals surface area contributed by atoms with Crippen LogP contribution in [-0.2, 0) is 4.74 Å². The fraction of sp³-hybridized carbons (Fsp3) is 1.00. The predicted molar refractivity (Wildman–Crippen MR) is 75.0 cm³/mol. The van der Waals surface area contributed by atoms with Crippen molar-refractivity contribution in [1.82, 2.24) is 15.1 Å². The lowest BCUT2D eigenvalue weighted by Gasteiger charge is -2.34. The summed E-state index contributed by atoms with van der Waals surface area (Å²) in [4.78, 5) is 4.98. The van der Waals surface area contributed by atoms with E-state index in [-0.39, 0.29) is 0 Å². The summed E-state index contributed by atoms with van der Waals surface area (Å²) < 4.78 is 5.58. The van der Waals surface area contributed by atoms with Crippen LogP contribution < -0.4 is 5.32 Å². The Balaban J connectivity index is 1.62. The van der Waals surface area contributed by atoms with Gasteiger partial charge in [-0.15, -0.1) is 0 Å². The lowest BCUT2D eigenvalue weighted by atomic mass is 9.92. The molecule has 2 rings (SSSR count). The molecule has 1 N–H and O–H groups in total. The average molecular weight is 255 g/mol. The second kappa shape index (κ2) is 7.43. The van der Waals surface area contributed by atoms with Crippen LogP contribution in [0.15, 0.2) is 0 Å². The number of hydrogen-bond donors (Lipinski definition) is 1. The van der Waals surface area contributed by atoms with Crippen molar-refractivity contribution in [2.75, 3.05) is 53.4 Å². The second-order valence-electron chi connectivity index (χ2n) is 5.76. The topological polar surface area (TPSA) is 27.7 Å². The highest BCUT2D eigenvalue weighted by Crippen LogP contribution is 2.20. The van der Waals surface area contributed by atoms with Crippen molar-refractivity contribution in [3.8, 4) is 0 Å². The van der Waals surface area contributed by atoms with Crippen LogP contribution in [0, 0.1) is 0 Å². The Morgan fingerprint density at radius 3 is 2.56 bits per heavy atom. The minimum absolute atomic E-state index is 0.436. The molecule has 1 aliphatic heterocycles. The second-order valence-corrected chi connectivity index (χ2v) is 5.76. The molecule has 0 bridgehead atoms. The Hall–Kier alpha value is -0.160. The molecule has 4 heteroatoms. The quantitative estimate of drug-likeness (QED) is 0.786. The van der Waals surface area contributed by atoms with Gasteiger partial charge in [0.25, 0.3) is 0 Å². The van der Waals surface area contributed by atoms with Crippen LogP contribution in [0.3, 0.4) is 0 Å². The molecule has 0 aromatic carbocycles. The maximum absolute atomic E-state index is 5.58. The van der Waals surface area contributed by atoms with Gasteiger partial charge in [0.1, 0.15) is 0 Å². The number of ether oxygens (including phenoxy) is 1. The van der Waals surface area contributed by atoms with Gasteiger partial charge in [-0.3, -0.25) is 4.90 Å². The summed E-state index contributed by atoms with van der Waals surface area (Å²) in [7, 11) is 4.06. The van der Waals surface area contributed by atoms with E-state index in [4.69, 9.17) is 4.74 Å². The lowest BCUT2D eigenvalue weighted by molar-refractivity contribution is 0.0404. The largest absolute Gasteiger partial charge is 0.380 e. The van der Waals surface area contributed by atoms with Crippen LogP contribution in [-0.4, -0.2) is 75.4 Å². The monoisotopic (exact) mass is 255 g/mol. The van der Waals surface area contributed by atoms with Crippen molar-refractivity contribution < 1.29 is 4.74 Å². The van der Waals surface area contributed by atoms with Gasteiger partial charge in [0, 0.05) is 52.4 Å². The van der Waals surface area contributed by atoms with Crippen molar-refractivity contribution in [1.29, 1.82) is 0 Å². The highest BCUT2D eigenvalue weighted by Gasteiger charge is 2.24. The molecule has 0 amide bonds. The molecule has 1 heterocycles. The van der Waals surface area contributed by atoms with E-state index in [0.717, 1.165) is 6.54 Å². The van der Waals surface area contributed by atoms with Crippen molar-refractivity contribution in [2.45, 2.75) is 37.8 Å². The molecule has 2 aliphatic rings. The highest BCUT2D eigenvalue weighted by molar-refractivity contribution is 4.82. The number of likely N-dealkylation sites (N-methyl/N-ethyl adjacent to an activating group) is 1. The molecule has 1 aliphatic carbocycles. The third-order valence-corrected chi connectivity index (χ3v) is 4.44. The minimum atomic E-state index is 0.436. The van der Waals surface area contributed by atoms with Gasteiger partial charge in [0.05, 0.1) is 6.10 Å². The first-order chi connectivity index (χ1) is 8.79. The highest BCUT2D eigenvalue weighted by atomic mass is 16.5. The van der Waals surface area contributed by atoms with E-state index < -0.39 is 0 Å². The molecule has 2 atom stereocenters. The van der Waals surface area contributed by atoms with Crippen LogP contribution in [0.1, 0.15) is 25.7 Å². The van der Waals surface area contributed by atoms with Gasteiger partial charge in [-0.25, -0.2) is 0 Å². The van der Waals surface area contributed by atoms with Gasteiger partial charge >= 0.3 is 0 Å². The zero-order valence-corrected chi connectivity index (χ0v) is 12.0. The summed E-state index contributed by atoms with van der Waals surface area (Å²) in [6.07, 6.45) is 5.62. The first-order valence-corrected chi connectivity index (χ1v) is 7.46. The summed E-state index contributed by atoms with van der Waals surface area (Å²) >= 11 is 0. The van der Waals surface area contributed by atoms with E-state index >= 15 is 0 Å². The van der Waals surface area contributed by atoms with Crippen LogP contribution in [0.4, 0.5) is 0 Å². The van der Waals surface area contributed by atoms with Crippen LogP contribution in [0.2, 0.25) is 0 Å². The van der Waals surface area contributed by atoms with Crippen molar-refractivity contribution >= 4 is 0 Å². The molecular weight excluding hydrogens is 226 g/mol. The Morgan fingerprint density at radius 2 is 1.83 bits per heavy atom. The summed E-state index contributed by atoms with van der Waals surface area (Å²) in [5.41, 5.74) is 0. The van der Waals surface area contributed by atoms with Crippen LogP contribution in [0.5, 0.6) is 0 Å². The van der Waals surface area contributed by atoms with Gasteiger partial charge in [0.2, 0.25) is 0 Å². The van der Waals surface area contributed by atoms with E-state index in [0.29, 0.717) is 12.1 Å². The van der Waals surface area contributed by atoms with E-state index in [1.165, 1.54) is 58.4 Å². The van der Waals surface area contributed by atoms with Gasteiger partial charge in [-0.05, 0) is 19.9 Å². The summed E-state index contributed by atoms with van der Waals surface area (Å²) in [6.45, 7) is 7.15. The standard InChI is InChI=1S/C14H29N3O/c1-16-9-11-17(12-10-16)8-7-15-13-5-3-4-6-14(13)18-2/h13-15H,3-12H2,1-2H3. The smallest absolute Gasteiger partial charge is 0.0724 e. The van der Waals surface area contributed by atoms with E-state index in [2.05, 4.69) is 22.2 Å². The van der Waals surface area contributed by atoms with E-state index in [1.54, 1.807) is 0 Å². The Morgan fingerprint density at radius 1 is 1.11 bits per heavy atom. The zero-order valence-electron chi connectivity index (χ0n) is 12.0. The fourth-order valence-electron chi connectivity index (χ4n) is 3.09. The summed E-state index contributed by atoms with van der Waals surface area (Å²) in [5.74, 6) is 0. The molecular formula is C14H29N3O. The number of hydrogen-bond acceptors (Lipinski definition) is 4. The number of piperazine rings is 1. The van der Waals surface area contributed by atoms with E-state index in [1.807, 2.05) is 7.11 Å². The van der Waals surface area contributed by atoms with Gasteiger partial charge < -0.3 is 15.0 Å². The molecule has 0 spiro atoms. The third-order valence-electron chi connectivity index (χ3n) is 4.44. The number of nitrogens with zero attached hydrogens (tertiary/aromatic N) is 2. The fourth-order valence-corrected chi connectivity index (χ4v) is 3.09. The Kier molecular flexibility index (Phi) is 5.89. The average Bonchev–Trinajstić information content (AvgIpc) is 2.41. The van der Waals surface area contributed by atoms with Crippen LogP contribution in [0.25, 0.3) is 0 Å². The molecule has 18 heavy (non-hydrogen) atoms. The molecule has 1 saturated heterocycles. The summed E-state index contributed by atoms with van der Waals surface area (Å²) in [5, 5.41) is 3.70. The SMILES string of the molecule is COC1CCCCC1NCCN1CCN(C)CC1.